The third-order valence-electron chi connectivity index (χ3n) is 3.39. The topological polar surface area (TPSA) is 78.4 Å². The van der Waals surface area contributed by atoms with Gasteiger partial charge in [-0.05, 0) is 30.3 Å². The molecule has 1 amide bonds. The first-order chi connectivity index (χ1) is 12.2. The van der Waals surface area contributed by atoms with Gasteiger partial charge in [0.05, 0.1) is 23.4 Å². The van der Waals surface area contributed by atoms with Gasteiger partial charge in [-0.3, -0.25) is 4.79 Å². The molecule has 1 aromatic heterocycles. The molecule has 3 rings (SSSR count). The minimum absolute atomic E-state index is 0.140. The number of nitrogens with zero attached hydrogens (tertiary/aromatic N) is 2. The van der Waals surface area contributed by atoms with Crippen LogP contribution in [0.4, 0.5) is 4.39 Å². The Kier molecular flexibility index (Phi) is 4.67. The van der Waals surface area contributed by atoms with Gasteiger partial charge < -0.3 is 4.42 Å². The molecule has 0 aliphatic heterocycles. The third-order valence-corrected chi connectivity index (χ3v) is 3.39. The average molecular weight is 333 g/mol. The summed E-state index contributed by atoms with van der Waals surface area (Å²) in [6.07, 6.45) is 1.33. The maximum absolute atomic E-state index is 13.7. The van der Waals surface area contributed by atoms with Crippen molar-refractivity contribution in [3.05, 3.63) is 83.4 Å². The predicted octanol–water partition coefficient (Wildman–Crippen LogP) is 3.72. The molecule has 0 fully saturated rings. The van der Waals surface area contributed by atoms with Gasteiger partial charge in [-0.1, -0.05) is 30.3 Å². The van der Waals surface area contributed by atoms with E-state index >= 15 is 0 Å². The van der Waals surface area contributed by atoms with Crippen molar-refractivity contribution < 1.29 is 13.6 Å². The van der Waals surface area contributed by atoms with Crippen molar-refractivity contribution in [3.63, 3.8) is 0 Å². The zero-order chi connectivity index (χ0) is 17.6. The molecule has 0 saturated carbocycles. The average Bonchev–Trinajstić information content (AvgIpc) is 3.11. The summed E-state index contributed by atoms with van der Waals surface area (Å²) in [6, 6.07) is 18.4. The van der Waals surface area contributed by atoms with Gasteiger partial charge in [-0.15, -0.1) is 0 Å². The number of carbonyl (C=O) groups excluding carboxylic acids is 1. The lowest BCUT2D eigenvalue weighted by atomic mass is 10.1. The van der Waals surface area contributed by atoms with Crippen LogP contribution in [0.25, 0.3) is 11.3 Å². The summed E-state index contributed by atoms with van der Waals surface area (Å²) in [7, 11) is 0. The number of halogens is 1. The van der Waals surface area contributed by atoms with E-state index in [2.05, 4.69) is 10.5 Å². The zero-order valence-corrected chi connectivity index (χ0v) is 12.9. The van der Waals surface area contributed by atoms with Gasteiger partial charge >= 0.3 is 0 Å². The minimum Gasteiger partial charge on any atom is -0.455 e. The van der Waals surface area contributed by atoms with E-state index in [0.717, 1.165) is 11.6 Å². The van der Waals surface area contributed by atoms with Crippen LogP contribution in [0.1, 0.15) is 21.7 Å². The number of hydrazone groups is 1. The number of hydrogen-bond donors (Lipinski definition) is 1. The molecule has 3 aromatic rings. The largest absolute Gasteiger partial charge is 0.455 e. The van der Waals surface area contributed by atoms with Gasteiger partial charge in [0.15, 0.2) is 0 Å². The van der Waals surface area contributed by atoms with Gasteiger partial charge in [-0.2, -0.15) is 10.4 Å². The Morgan fingerprint density at radius 1 is 1.16 bits per heavy atom. The van der Waals surface area contributed by atoms with Crippen molar-refractivity contribution in [2.45, 2.75) is 0 Å². The van der Waals surface area contributed by atoms with Crippen molar-refractivity contribution in [1.29, 1.82) is 5.26 Å². The first-order valence-corrected chi connectivity index (χ1v) is 7.35. The summed E-state index contributed by atoms with van der Waals surface area (Å²) in [5.41, 5.74) is 3.09. The normalized spacial score (nSPS) is 10.6. The number of rotatable bonds is 4. The quantitative estimate of drug-likeness (QED) is 0.584. The molecule has 0 bridgehead atoms. The minimum atomic E-state index is -0.781. The van der Waals surface area contributed by atoms with Gasteiger partial charge in [0.2, 0.25) is 0 Å². The zero-order valence-electron chi connectivity index (χ0n) is 12.9. The Balaban J connectivity index is 1.67. The fourth-order valence-corrected chi connectivity index (χ4v) is 2.16. The molecule has 122 valence electrons. The van der Waals surface area contributed by atoms with E-state index in [0.29, 0.717) is 11.5 Å². The van der Waals surface area contributed by atoms with Crippen LogP contribution in [-0.4, -0.2) is 12.1 Å². The lowest BCUT2D eigenvalue weighted by molar-refractivity contribution is 0.0951. The summed E-state index contributed by atoms with van der Waals surface area (Å²) in [6.45, 7) is 0. The second kappa shape index (κ2) is 7.23. The Morgan fingerprint density at radius 3 is 2.68 bits per heavy atom. The fourth-order valence-electron chi connectivity index (χ4n) is 2.16. The highest BCUT2D eigenvalue weighted by molar-refractivity contribution is 5.95. The number of carbonyl (C=O) groups is 1. The van der Waals surface area contributed by atoms with Crippen LogP contribution >= 0.6 is 0 Å². The van der Waals surface area contributed by atoms with Crippen LogP contribution in [0.3, 0.4) is 0 Å². The van der Waals surface area contributed by atoms with Crippen LogP contribution in [0, 0.1) is 17.1 Å². The molecule has 1 N–H and O–H groups in total. The van der Waals surface area contributed by atoms with E-state index in [-0.39, 0.29) is 11.1 Å². The van der Waals surface area contributed by atoms with Crippen LogP contribution in [0.2, 0.25) is 0 Å². The molecule has 0 saturated heterocycles. The maximum Gasteiger partial charge on any atom is 0.274 e. The molecule has 0 unspecified atom stereocenters. The first kappa shape index (κ1) is 16.1. The van der Waals surface area contributed by atoms with Crippen LogP contribution in [0.15, 0.2) is 70.2 Å². The van der Waals surface area contributed by atoms with Gasteiger partial charge in [-0.25, -0.2) is 9.82 Å². The number of furan rings is 1. The number of nitrogens with one attached hydrogen (secondary N) is 1. The molecule has 5 nitrogen and oxygen atoms in total. The highest BCUT2D eigenvalue weighted by Crippen LogP contribution is 2.20. The van der Waals surface area contributed by atoms with Crippen molar-refractivity contribution >= 4 is 12.1 Å². The second-order valence-electron chi connectivity index (χ2n) is 5.07. The van der Waals surface area contributed by atoms with Gasteiger partial charge in [0.25, 0.3) is 5.91 Å². The SMILES string of the molecule is N#Cc1ccc(C(=O)N/N=C\c2ccc(-c3ccccc3)o2)c(F)c1. The van der Waals surface area contributed by atoms with E-state index in [1.165, 1.54) is 18.3 Å². The summed E-state index contributed by atoms with van der Waals surface area (Å²) < 4.78 is 19.3. The van der Waals surface area contributed by atoms with E-state index in [9.17, 15) is 9.18 Å². The van der Waals surface area contributed by atoms with Crippen LogP contribution in [-0.2, 0) is 0 Å². The van der Waals surface area contributed by atoms with E-state index < -0.39 is 11.7 Å². The van der Waals surface area contributed by atoms with Crippen molar-refractivity contribution in [2.75, 3.05) is 0 Å². The maximum atomic E-state index is 13.7. The molecule has 0 atom stereocenters. The van der Waals surface area contributed by atoms with Crippen molar-refractivity contribution in [1.82, 2.24) is 5.43 Å². The Labute approximate surface area is 143 Å². The van der Waals surface area contributed by atoms with Crippen molar-refractivity contribution in [3.8, 4) is 17.4 Å². The molecule has 0 radical (unpaired) electrons. The molecular formula is C19H12FN3O2. The molecule has 1 heterocycles. The summed E-state index contributed by atoms with van der Waals surface area (Å²) in [5, 5.41) is 12.5. The standard InChI is InChI=1S/C19H12FN3O2/c20-17-10-13(11-21)6-8-16(17)19(24)23-22-12-15-7-9-18(25-15)14-4-2-1-3-5-14/h1-10,12H,(H,23,24)/b22-12-. The molecule has 0 aliphatic rings. The van der Waals surface area contributed by atoms with E-state index in [4.69, 9.17) is 9.68 Å². The molecule has 6 heteroatoms. The second-order valence-corrected chi connectivity index (χ2v) is 5.07. The molecule has 0 spiro atoms. The van der Waals surface area contributed by atoms with Gasteiger partial charge in [0, 0.05) is 5.56 Å². The fraction of sp³-hybridized carbons (Fsp3) is 0. The molecule has 25 heavy (non-hydrogen) atoms. The number of nitriles is 1. The summed E-state index contributed by atoms with van der Waals surface area (Å²) in [4.78, 5) is 11.9. The van der Waals surface area contributed by atoms with Gasteiger partial charge in [0.1, 0.15) is 17.3 Å². The third kappa shape index (κ3) is 3.79. The lowest BCUT2D eigenvalue weighted by Gasteiger charge is -2.01. The molecular weight excluding hydrogens is 321 g/mol. The Hall–Kier alpha value is -3.72. The highest BCUT2D eigenvalue weighted by Gasteiger charge is 2.11. The lowest BCUT2D eigenvalue weighted by Crippen LogP contribution is -2.19. The highest BCUT2D eigenvalue weighted by atomic mass is 19.1. The number of benzene rings is 2. The van der Waals surface area contributed by atoms with Crippen LogP contribution in [0.5, 0.6) is 0 Å². The first-order valence-electron chi connectivity index (χ1n) is 7.35. The Bertz CT molecular complexity index is 972. The summed E-state index contributed by atoms with van der Waals surface area (Å²) in [5.74, 6) is -0.379. The van der Waals surface area contributed by atoms with Crippen LogP contribution < -0.4 is 5.43 Å². The predicted molar refractivity (Wildman–Crippen MR) is 90.3 cm³/mol. The smallest absolute Gasteiger partial charge is 0.274 e. The summed E-state index contributed by atoms with van der Waals surface area (Å²) >= 11 is 0. The monoisotopic (exact) mass is 333 g/mol. The van der Waals surface area contributed by atoms with Crippen molar-refractivity contribution in [2.24, 2.45) is 5.10 Å². The number of hydrogen-bond acceptors (Lipinski definition) is 4. The van der Waals surface area contributed by atoms with E-state index in [1.807, 2.05) is 30.3 Å². The van der Waals surface area contributed by atoms with E-state index in [1.54, 1.807) is 18.2 Å². The molecule has 2 aromatic carbocycles. The molecule has 0 aliphatic carbocycles. The number of amides is 1. The Morgan fingerprint density at radius 2 is 1.96 bits per heavy atom.